The van der Waals surface area contributed by atoms with Crippen molar-refractivity contribution in [1.29, 1.82) is 0 Å². The van der Waals surface area contributed by atoms with Crippen molar-refractivity contribution in [1.82, 2.24) is 0 Å². The van der Waals surface area contributed by atoms with Gasteiger partial charge in [-0.15, -0.1) is 0 Å². The van der Waals surface area contributed by atoms with Gasteiger partial charge >= 0.3 is 0 Å². The predicted molar refractivity (Wildman–Crippen MR) is 63.1 cm³/mol. The SMILES string of the molecule is OCc1ccccc1OCc1ccc(F)cc1. The molecule has 17 heavy (non-hydrogen) atoms. The number of aliphatic hydroxyl groups is 1. The molecule has 2 nitrogen and oxygen atoms in total. The van der Waals surface area contributed by atoms with Crippen LogP contribution in [0.3, 0.4) is 0 Å². The van der Waals surface area contributed by atoms with Gasteiger partial charge in [-0.2, -0.15) is 0 Å². The van der Waals surface area contributed by atoms with Crippen molar-refractivity contribution >= 4 is 0 Å². The molecule has 0 aliphatic carbocycles. The van der Waals surface area contributed by atoms with Gasteiger partial charge in [0.25, 0.3) is 0 Å². The largest absolute Gasteiger partial charge is 0.489 e. The number of hydrogen-bond donors (Lipinski definition) is 1. The molecule has 0 aliphatic rings. The Morgan fingerprint density at radius 3 is 2.41 bits per heavy atom. The summed E-state index contributed by atoms with van der Waals surface area (Å²) in [6.07, 6.45) is 0. The van der Waals surface area contributed by atoms with Crippen molar-refractivity contribution in [3.63, 3.8) is 0 Å². The highest BCUT2D eigenvalue weighted by atomic mass is 19.1. The van der Waals surface area contributed by atoms with E-state index in [1.165, 1.54) is 12.1 Å². The van der Waals surface area contributed by atoms with E-state index in [2.05, 4.69) is 0 Å². The molecule has 0 fully saturated rings. The summed E-state index contributed by atoms with van der Waals surface area (Å²) >= 11 is 0. The number of para-hydroxylation sites is 1. The fourth-order valence-corrected chi connectivity index (χ4v) is 1.52. The van der Waals surface area contributed by atoms with E-state index in [9.17, 15) is 4.39 Å². The van der Waals surface area contributed by atoms with Gasteiger partial charge < -0.3 is 9.84 Å². The zero-order valence-corrected chi connectivity index (χ0v) is 9.27. The van der Waals surface area contributed by atoms with Gasteiger partial charge in [-0.05, 0) is 23.8 Å². The van der Waals surface area contributed by atoms with Crippen LogP contribution >= 0.6 is 0 Å². The summed E-state index contributed by atoms with van der Waals surface area (Å²) in [4.78, 5) is 0. The average molecular weight is 232 g/mol. The van der Waals surface area contributed by atoms with Gasteiger partial charge in [0, 0.05) is 5.56 Å². The lowest BCUT2D eigenvalue weighted by atomic mass is 10.2. The first-order chi connectivity index (χ1) is 8.29. The van der Waals surface area contributed by atoms with Gasteiger partial charge in [0.15, 0.2) is 0 Å². The van der Waals surface area contributed by atoms with Crippen molar-refractivity contribution in [3.8, 4) is 5.75 Å². The van der Waals surface area contributed by atoms with Crippen LogP contribution in [0.4, 0.5) is 4.39 Å². The van der Waals surface area contributed by atoms with E-state index in [0.29, 0.717) is 12.4 Å². The highest BCUT2D eigenvalue weighted by Gasteiger charge is 2.01. The van der Waals surface area contributed by atoms with Gasteiger partial charge in [-0.1, -0.05) is 30.3 Å². The maximum Gasteiger partial charge on any atom is 0.125 e. The van der Waals surface area contributed by atoms with Crippen LogP contribution in [0.1, 0.15) is 11.1 Å². The lowest BCUT2D eigenvalue weighted by Gasteiger charge is -2.09. The molecule has 2 rings (SSSR count). The molecule has 0 spiro atoms. The molecule has 2 aromatic rings. The first-order valence-electron chi connectivity index (χ1n) is 5.35. The highest BCUT2D eigenvalue weighted by molar-refractivity contribution is 5.32. The Labute approximate surface area is 99.3 Å². The quantitative estimate of drug-likeness (QED) is 0.878. The van der Waals surface area contributed by atoms with Crippen LogP contribution in [0.25, 0.3) is 0 Å². The molecule has 0 atom stereocenters. The van der Waals surface area contributed by atoms with Crippen LogP contribution < -0.4 is 4.74 Å². The van der Waals surface area contributed by atoms with E-state index < -0.39 is 0 Å². The molecule has 88 valence electrons. The topological polar surface area (TPSA) is 29.5 Å². The maximum absolute atomic E-state index is 12.7. The second kappa shape index (κ2) is 5.46. The fourth-order valence-electron chi connectivity index (χ4n) is 1.52. The number of benzene rings is 2. The number of ether oxygens (including phenoxy) is 1. The zero-order chi connectivity index (χ0) is 12.1. The van der Waals surface area contributed by atoms with Gasteiger partial charge in [-0.3, -0.25) is 0 Å². The molecule has 0 aromatic heterocycles. The van der Waals surface area contributed by atoms with E-state index in [4.69, 9.17) is 9.84 Å². The highest BCUT2D eigenvalue weighted by Crippen LogP contribution is 2.19. The van der Waals surface area contributed by atoms with Crippen LogP contribution in [0.15, 0.2) is 48.5 Å². The molecule has 0 heterocycles. The van der Waals surface area contributed by atoms with Crippen molar-refractivity contribution in [2.24, 2.45) is 0 Å². The Bertz CT molecular complexity index is 480. The summed E-state index contributed by atoms with van der Waals surface area (Å²) in [6.45, 7) is 0.302. The number of hydrogen-bond acceptors (Lipinski definition) is 2. The van der Waals surface area contributed by atoms with Gasteiger partial charge in [0.1, 0.15) is 18.2 Å². The standard InChI is InChI=1S/C14H13FO2/c15-13-7-5-11(6-8-13)10-17-14-4-2-1-3-12(14)9-16/h1-8,16H,9-10H2. The molecular weight excluding hydrogens is 219 g/mol. The minimum atomic E-state index is -0.260. The van der Waals surface area contributed by atoms with E-state index in [0.717, 1.165) is 11.1 Å². The minimum Gasteiger partial charge on any atom is -0.489 e. The summed E-state index contributed by atoms with van der Waals surface area (Å²) < 4.78 is 18.3. The fraction of sp³-hybridized carbons (Fsp3) is 0.143. The molecule has 0 saturated heterocycles. The molecule has 0 radical (unpaired) electrons. The third-order valence-electron chi connectivity index (χ3n) is 2.45. The van der Waals surface area contributed by atoms with Crippen LogP contribution in [0.5, 0.6) is 5.75 Å². The second-order valence-electron chi connectivity index (χ2n) is 3.68. The maximum atomic E-state index is 12.7. The lowest BCUT2D eigenvalue weighted by Crippen LogP contribution is -1.98. The molecule has 0 unspecified atom stereocenters. The summed E-state index contributed by atoms with van der Waals surface area (Å²) in [5.74, 6) is 0.392. The molecule has 2 aromatic carbocycles. The first-order valence-corrected chi connectivity index (χ1v) is 5.35. The Hall–Kier alpha value is -1.87. The van der Waals surface area contributed by atoms with Gasteiger partial charge in [0.2, 0.25) is 0 Å². The van der Waals surface area contributed by atoms with E-state index in [1.807, 2.05) is 12.1 Å². The van der Waals surface area contributed by atoms with Crippen LogP contribution in [0, 0.1) is 5.82 Å². The van der Waals surface area contributed by atoms with Crippen molar-refractivity contribution in [2.45, 2.75) is 13.2 Å². The molecule has 3 heteroatoms. The second-order valence-corrected chi connectivity index (χ2v) is 3.68. The summed E-state index contributed by atoms with van der Waals surface area (Å²) in [5.41, 5.74) is 1.63. The Kier molecular flexibility index (Phi) is 3.73. The third kappa shape index (κ3) is 3.04. The predicted octanol–water partition coefficient (Wildman–Crippen LogP) is 2.90. The molecule has 0 amide bonds. The molecular formula is C14H13FO2. The number of halogens is 1. The van der Waals surface area contributed by atoms with Crippen LogP contribution in [-0.4, -0.2) is 5.11 Å². The molecule has 1 N–H and O–H groups in total. The van der Waals surface area contributed by atoms with Crippen molar-refractivity contribution in [2.75, 3.05) is 0 Å². The zero-order valence-electron chi connectivity index (χ0n) is 9.27. The van der Waals surface area contributed by atoms with Crippen molar-refractivity contribution < 1.29 is 14.2 Å². The molecule has 0 saturated carbocycles. The van der Waals surface area contributed by atoms with E-state index in [-0.39, 0.29) is 12.4 Å². The Morgan fingerprint density at radius 1 is 1.00 bits per heavy atom. The molecule has 0 bridgehead atoms. The Balaban J connectivity index is 2.04. The van der Waals surface area contributed by atoms with E-state index >= 15 is 0 Å². The van der Waals surface area contributed by atoms with E-state index in [1.54, 1.807) is 24.3 Å². The monoisotopic (exact) mass is 232 g/mol. The summed E-state index contributed by atoms with van der Waals surface area (Å²) in [6, 6.07) is 13.5. The van der Waals surface area contributed by atoms with Crippen LogP contribution in [0.2, 0.25) is 0 Å². The lowest BCUT2D eigenvalue weighted by molar-refractivity contribution is 0.259. The summed E-state index contributed by atoms with van der Waals surface area (Å²) in [7, 11) is 0. The van der Waals surface area contributed by atoms with Gasteiger partial charge in [-0.25, -0.2) is 4.39 Å². The third-order valence-corrected chi connectivity index (χ3v) is 2.45. The Morgan fingerprint density at radius 2 is 1.71 bits per heavy atom. The number of aliphatic hydroxyl groups excluding tert-OH is 1. The minimum absolute atomic E-state index is 0.0560. The van der Waals surface area contributed by atoms with Crippen molar-refractivity contribution in [3.05, 3.63) is 65.5 Å². The smallest absolute Gasteiger partial charge is 0.125 e. The summed E-state index contributed by atoms with van der Waals surface area (Å²) in [5, 5.41) is 9.12. The normalized spacial score (nSPS) is 10.2. The number of rotatable bonds is 4. The average Bonchev–Trinajstić information content (AvgIpc) is 2.38. The molecule has 0 aliphatic heterocycles. The first kappa shape index (κ1) is 11.6. The van der Waals surface area contributed by atoms with Gasteiger partial charge in [0.05, 0.1) is 6.61 Å². The van der Waals surface area contributed by atoms with Crippen LogP contribution in [-0.2, 0) is 13.2 Å².